The first-order valence-corrected chi connectivity index (χ1v) is 5.65. The SMILES string of the molecule is CC(C)COC(=O)c1cn(C(C)(C)C(N)=O)nn1. The Morgan fingerprint density at radius 1 is 1.50 bits per heavy atom. The van der Waals surface area contributed by atoms with Gasteiger partial charge in [0.05, 0.1) is 12.8 Å². The molecule has 1 aromatic heterocycles. The van der Waals surface area contributed by atoms with Gasteiger partial charge in [0.2, 0.25) is 5.91 Å². The van der Waals surface area contributed by atoms with Crippen molar-refractivity contribution in [1.29, 1.82) is 0 Å². The number of primary amides is 1. The lowest BCUT2D eigenvalue weighted by Gasteiger charge is -2.19. The number of amides is 1. The summed E-state index contributed by atoms with van der Waals surface area (Å²) in [5.41, 5.74) is 4.26. The Hall–Kier alpha value is -1.92. The number of ether oxygens (including phenoxy) is 1. The van der Waals surface area contributed by atoms with Gasteiger partial charge >= 0.3 is 5.97 Å². The van der Waals surface area contributed by atoms with Crippen molar-refractivity contribution in [2.45, 2.75) is 33.2 Å². The molecule has 1 heterocycles. The zero-order valence-electron chi connectivity index (χ0n) is 11.0. The molecule has 1 aromatic rings. The van der Waals surface area contributed by atoms with Crippen molar-refractivity contribution in [3.05, 3.63) is 11.9 Å². The Kier molecular flexibility index (Phi) is 4.05. The second kappa shape index (κ2) is 5.16. The van der Waals surface area contributed by atoms with Gasteiger partial charge in [-0.05, 0) is 19.8 Å². The largest absolute Gasteiger partial charge is 0.461 e. The van der Waals surface area contributed by atoms with Gasteiger partial charge < -0.3 is 10.5 Å². The van der Waals surface area contributed by atoms with E-state index in [1.165, 1.54) is 10.9 Å². The highest BCUT2D eigenvalue weighted by Crippen LogP contribution is 2.13. The van der Waals surface area contributed by atoms with E-state index in [2.05, 4.69) is 10.3 Å². The van der Waals surface area contributed by atoms with Crippen molar-refractivity contribution in [2.75, 3.05) is 6.61 Å². The molecule has 0 saturated carbocycles. The fourth-order valence-electron chi connectivity index (χ4n) is 1.06. The Morgan fingerprint density at radius 3 is 2.61 bits per heavy atom. The lowest BCUT2D eigenvalue weighted by atomic mass is 10.1. The van der Waals surface area contributed by atoms with Crippen LogP contribution in [-0.2, 0) is 15.1 Å². The van der Waals surface area contributed by atoms with Crippen LogP contribution in [0.2, 0.25) is 0 Å². The highest BCUT2D eigenvalue weighted by molar-refractivity contribution is 5.87. The summed E-state index contributed by atoms with van der Waals surface area (Å²) < 4.78 is 6.26. The molecule has 0 aromatic carbocycles. The van der Waals surface area contributed by atoms with Crippen LogP contribution in [0, 0.1) is 5.92 Å². The first kappa shape index (κ1) is 14.1. The van der Waals surface area contributed by atoms with Gasteiger partial charge in [-0.15, -0.1) is 5.10 Å². The summed E-state index contributed by atoms with van der Waals surface area (Å²) in [4.78, 5) is 22.8. The van der Waals surface area contributed by atoms with E-state index in [0.717, 1.165) is 0 Å². The fourth-order valence-corrected chi connectivity index (χ4v) is 1.06. The normalized spacial score (nSPS) is 11.6. The van der Waals surface area contributed by atoms with Crippen LogP contribution in [0.3, 0.4) is 0 Å². The lowest BCUT2D eigenvalue weighted by molar-refractivity contribution is -0.125. The van der Waals surface area contributed by atoms with Gasteiger partial charge in [-0.1, -0.05) is 19.1 Å². The molecule has 2 N–H and O–H groups in total. The predicted molar refractivity (Wildman–Crippen MR) is 63.7 cm³/mol. The van der Waals surface area contributed by atoms with Gasteiger partial charge in [-0.2, -0.15) is 0 Å². The molecule has 0 atom stereocenters. The Bertz CT molecular complexity index is 451. The lowest BCUT2D eigenvalue weighted by Crippen LogP contribution is -2.41. The van der Waals surface area contributed by atoms with Crippen molar-refractivity contribution in [2.24, 2.45) is 11.7 Å². The number of carbonyl (C=O) groups is 2. The predicted octanol–water partition coefficient (Wildman–Crippen LogP) is 0.311. The first-order chi connectivity index (χ1) is 8.25. The van der Waals surface area contributed by atoms with Gasteiger partial charge in [-0.25, -0.2) is 9.48 Å². The topological polar surface area (TPSA) is 100 Å². The van der Waals surface area contributed by atoms with Crippen LogP contribution in [0.1, 0.15) is 38.2 Å². The third-order valence-electron chi connectivity index (χ3n) is 2.43. The summed E-state index contributed by atoms with van der Waals surface area (Å²) in [6.07, 6.45) is 1.35. The summed E-state index contributed by atoms with van der Waals surface area (Å²) in [5.74, 6) is -0.879. The smallest absolute Gasteiger partial charge is 0.360 e. The van der Waals surface area contributed by atoms with E-state index in [1.807, 2.05) is 13.8 Å². The highest BCUT2D eigenvalue weighted by Gasteiger charge is 2.29. The molecule has 7 heteroatoms. The number of carbonyl (C=O) groups excluding carboxylic acids is 2. The zero-order chi connectivity index (χ0) is 13.9. The number of rotatable bonds is 5. The van der Waals surface area contributed by atoms with E-state index >= 15 is 0 Å². The van der Waals surface area contributed by atoms with Gasteiger partial charge in [0.25, 0.3) is 0 Å². The molecule has 1 rings (SSSR count). The van der Waals surface area contributed by atoms with Crippen LogP contribution in [0.15, 0.2) is 6.20 Å². The van der Waals surface area contributed by atoms with Crippen molar-refractivity contribution >= 4 is 11.9 Å². The molecule has 0 fully saturated rings. The van der Waals surface area contributed by atoms with Crippen LogP contribution in [0.5, 0.6) is 0 Å². The fraction of sp³-hybridized carbons (Fsp3) is 0.636. The van der Waals surface area contributed by atoms with Crippen LogP contribution in [0.4, 0.5) is 0 Å². The molecule has 0 aliphatic rings. The van der Waals surface area contributed by atoms with Gasteiger partial charge in [0.15, 0.2) is 5.69 Å². The second-order valence-electron chi connectivity index (χ2n) is 4.96. The quantitative estimate of drug-likeness (QED) is 0.762. The summed E-state index contributed by atoms with van der Waals surface area (Å²) in [5, 5.41) is 7.40. The van der Waals surface area contributed by atoms with E-state index in [0.29, 0.717) is 6.61 Å². The molecule has 1 amide bonds. The molecular weight excluding hydrogens is 236 g/mol. The molecule has 0 saturated heterocycles. The van der Waals surface area contributed by atoms with Crippen LogP contribution >= 0.6 is 0 Å². The monoisotopic (exact) mass is 254 g/mol. The molecule has 0 aliphatic carbocycles. The van der Waals surface area contributed by atoms with Crippen LogP contribution in [0.25, 0.3) is 0 Å². The number of aromatic nitrogens is 3. The molecule has 18 heavy (non-hydrogen) atoms. The first-order valence-electron chi connectivity index (χ1n) is 5.65. The number of hydrogen-bond acceptors (Lipinski definition) is 5. The Balaban J connectivity index is 2.80. The minimum absolute atomic E-state index is 0.0602. The highest BCUT2D eigenvalue weighted by atomic mass is 16.5. The second-order valence-corrected chi connectivity index (χ2v) is 4.96. The number of nitrogens with two attached hydrogens (primary N) is 1. The van der Waals surface area contributed by atoms with Crippen molar-refractivity contribution in [3.63, 3.8) is 0 Å². The summed E-state index contributed by atoms with van der Waals surface area (Å²) in [6.45, 7) is 7.35. The third-order valence-corrected chi connectivity index (χ3v) is 2.43. The van der Waals surface area contributed by atoms with E-state index < -0.39 is 17.4 Å². The van der Waals surface area contributed by atoms with Crippen molar-refractivity contribution in [1.82, 2.24) is 15.0 Å². The molecule has 0 spiro atoms. The van der Waals surface area contributed by atoms with E-state index in [9.17, 15) is 9.59 Å². The summed E-state index contributed by atoms with van der Waals surface area (Å²) >= 11 is 0. The maximum Gasteiger partial charge on any atom is 0.360 e. The van der Waals surface area contributed by atoms with Gasteiger partial charge in [-0.3, -0.25) is 4.79 Å². The molecular formula is C11H18N4O3. The number of hydrogen-bond donors (Lipinski definition) is 1. The number of nitrogens with zero attached hydrogens (tertiary/aromatic N) is 3. The maximum atomic E-state index is 11.6. The minimum Gasteiger partial charge on any atom is -0.461 e. The standard InChI is InChI=1S/C11H18N4O3/c1-7(2)6-18-9(16)8-5-15(14-13-8)11(3,4)10(12)17/h5,7H,6H2,1-4H3,(H2,12,17). The van der Waals surface area contributed by atoms with E-state index in [1.54, 1.807) is 13.8 Å². The number of esters is 1. The Labute approximate surface area is 105 Å². The van der Waals surface area contributed by atoms with Gasteiger partial charge in [0.1, 0.15) is 5.54 Å². The average molecular weight is 254 g/mol. The van der Waals surface area contributed by atoms with E-state index in [4.69, 9.17) is 10.5 Å². The maximum absolute atomic E-state index is 11.6. The molecule has 0 unspecified atom stereocenters. The van der Waals surface area contributed by atoms with Gasteiger partial charge in [0, 0.05) is 0 Å². The third kappa shape index (κ3) is 3.06. The molecule has 0 radical (unpaired) electrons. The molecule has 0 bridgehead atoms. The molecule has 100 valence electrons. The zero-order valence-corrected chi connectivity index (χ0v) is 11.0. The minimum atomic E-state index is -1.04. The van der Waals surface area contributed by atoms with Crippen LogP contribution < -0.4 is 5.73 Å². The molecule has 0 aliphatic heterocycles. The summed E-state index contributed by atoms with van der Waals surface area (Å²) in [7, 11) is 0. The molecule has 7 nitrogen and oxygen atoms in total. The van der Waals surface area contributed by atoms with Crippen molar-refractivity contribution < 1.29 is 14.3 Å². The average Bonchev–Trinajstić information content (AvgIpc) is 2.75. The van der Waals surface area contributed by atoms with E-state index in [-0.39, 0.29) is 11.6 Å². The summed E-state index contributed by atoms with van der Waals surface area (Å²) in [6, 6.07) is 0. The van der Waals surface area contributed by atoms with Crippen LogP contribution in [-0.4, -0.2) is 33.5 Å². The Morgan fingerprint density at radius 2 is 2.11 bits per heavy atom. The van der Waals surface area contributed by atoms with Crippen molar-refractivity contribution in [3.8, 4) is 0 Å².